The van der Waals surface area contributed by atoms with Crippen LogP contribution < -0.4 is 15.8 Å². The van der Waals surface area contributed by atoms with E-state index in [4.69, 9.17) is 10.5 Å². The molecule has 4 nitrogen and oxygen atoms in total. The zero-order chi connectivity index (χ0) is 15.0. The van der Waals surface area contributed by atoms with Crippen LogP contribution >= 0.6 is 0 Å². The summed E-state index contributed by atoms with van der Waals surface area (Å²) >= 11 is 0. The fourth-order valence-electron chi connectivity index (χ4n) is 2.89. The van der Waals surface area contributed by atoms with E-state index in [1.165, 1.54) is 6.07 Å². The van der Waals surface area contributed by atoms with Crippen molar-refractivity contribution in [2.24, 2.45) is 5.73 Å². The lowest BCUT2D eigenvalue weighted by molar-refractivity contribution is -0.124. The molecule has 0 saturated heterocycles. The maximum Gasteiger partial charge on any atom is 0.237 e. The van der Waals surface area contributed by atoms with Gasteiger partial charge in [-0.1, -0.05) is 0 Å². The first-order chi connectivity index (χ1) is 9.98. The molecule has 114 valence electrons. The fourth-order valence-corrected chi connectivity index (χ4v) is 2.89. The summed E-state index contributed by atoms with van der Waals surface area (Å²) in [7, 11) is 0. The first kappa shape index (κ1) is 14.3. The van der Waals surface area contributed by atoms with Crippen molar-refractivity contribution in [3.05, 3.63) is 29.8 Å². The van der Waals surface area contributed by atoms with E-state index >= 15 is 0 Å². The molecule has 0 aliphatic heterocycles. The first-order valence-corrected chi connectivity index (χ1v) is 7.18. The molecule has 2 fully saturated rings. The van der Waals surface area contributed by atoms with Crippen molar-refractivity contribution in [2.75, 3.05) is 0 Å². The number of benzene rings is 1. The fraction of sp³-hybridized carbons (Fsp3) is 0.533. The number of amides is 1. The van der Waals surface area contributed by atoms with Gasteiger partial charge in [0.15, 0.2) is 11.6 Å². The Labute approximate surface area is 121 Å². The number of ether oxygens (including phenoxy) is 1. The van der Waals surface area contributed by atoms with Gasteiger partial charge in [0, 0.05) is 18.5 Å². The highest BCUT2D eigenvalue weighted by Gasteiger charge is 2.47. The number of rotatable bonds is 5. The molecule has 1 amide bonds. The van der Waals surface area contributed by atoms with Crippen LogP contribution in [0, 0.1) is 11.6 Å². The van der Waals surface area contributed by atoms with Gasteiger partial charge >= 0.3 is 0 Å². The highest BCUT2D eigenvalue weighted by molar-refractivity contribution is 5.85. The predicted octanol–water partition coefficient (Wildman–Crippen LogP) is 1.87. The van der Waals surface area contributed by atoms with Gasteiger partial charge in [0.1, 0.15) is 17.4 Å². The highest BCUT2D eigenvalue weighted by Crippen LogP contribution is 2.36. The summed E-state index contributed by atoms with van der Waals surface area (Å²) in [4.78, 5) is 11.8. The third-order valence-electron chi connectivity index (χ3n) is 4.19. The molecule has 2 saturated carbocycles. The smallest absolute Gasteiger partial charge is 0.237 e. The molecular formula is C15H18F2N2O2. The number of nitrogens with two attached hydrogens (primary N) is 1. The molecular weight excluding hydrogens is 278 g/mol. The van der Waals surface area contributed by atoms with E-state index in [1.807, 2.05) is 0 Å². The molecule has 0 heterocycles. The van der Waals surface area contributed by atoms with Crippen LogP contribution in [0.3, 0.4) is 0 Å². The Morgan fingerprint density at radius 2 is 2.05 bits per heavy atom. The SMILES string of the molecule is NC(=O)C1(NC2CC2)CCC(Oc2ccc(F)c(F)c2)C1. The van der Waals surface area contributed by atoms with E-state index in [0.29, 0.717) is 25.3 Å². The summed E-state index contributed by atoms with van der Waals surface area (Å²) in [6.45, 7) is 0. The number of halogens is 2. The molecule has 1 aromatic carbocycles. The Kier molecular flexibility index (Phi) is 3.57. The minimum atomic E-state index is -0.942. The van der Waals surface area contributed by atoms with Crippen molar-refractivity contribution in [1.29, 1.82) is 0 Å². The number of carbonyl (C=O) groups excluding carboxylic acids is 1. The molecule has 0 spiro atoms. The van der Waals surface area contributed by atoms with Crippen molar-refractivity contribution < 1.29 is 18.3 Å². The lowest BCUT2D eigenvalue weighted by atomic mass is 9.96. The Hall–Kier alpha value is -1.69. The largest absolute Gasteiger partial charge is 0.490 e. The molecule has 21 heavy (non-hydrogen) atoms. The Balaban J connectivity index is 1.67. The van der Waals surface area contributed by atoms with E-state index < -0.39 is 17.2 Å². The summed E-state index contributed by atoms with van der Waals surface area (Å²) in [5.74, 6) is -1.95. The van der Waals surface area contributed by atoms with Crippen LogP contribution in [0.15, 0.2) is 18.2 Å². The highest BCUT2D eigenvalue weighted by atomic mass is 19.2. The number of hydrogen-bond acceptors (Lipinski definition) is 3. The lowest BCUT2D eigenvalue weighted by Crippen LogP contribution is -2.55. The average Bonchev–Trinajstić information content (AvgIpc) is 3.14. The van der Waals surface area contributed by atoms with Gasteiger partial charge in [0.05, 0.1) is 0 Å². The standard InChI is InChI=1S/C15H18F2N2O2/c16-12-4-3-10(7-13(12)17)21-11-5-6-15(8-11,14(18)20)19-9-1-2-9/h3-4,7,9,11,19H,1-2,5-6,8H2,(H2,18,20). The molecule has 1 aromatic rings. The second-order valence-corrected chi connectivity index (χ2v) is 5.92. The molecule has 2 aliphatic rings. The Morgan fingerprint density at radius 3 is 2.67 bits per heavy atom. The van der Waals surface area contributed by atoms with Gasteiger partial charge in [0.2, 0.25) is 5.91 Å². The molecule has 2 unspecified atom stereocenters. The summed E-state index contributed by atoms with van der Waals surface area (Å²) in [6.07, 6.45) is 3.61. The third-order valence-corrected chi connectivity index (χ3v) is 4.19. The van der Waals surface area contributed by atoms with Crippen LogP contribution in [-0.4, -0.2) is 23.6 Å². The van der Waals surface area contributed by atoms with Crippen LogP contribution in [0.1, 0.15) is 32.1 Å². The molecule has 3 rings (SSSR count). The van der Waals surface area contributed by atoms with Crippen LogP contribution in [0.25, 0.3) is 0 Å². The summed E-state index contributed by atoms with van der Waals surface area (Å²) in [6, 6.07) is 3.80. The van der Waals surface area contributed by atoms with Gasteiger partial charge < -0.3 is 15.8 Å². The first-order valence-electron chi connectivity index (χ1n) is 7.18. The van der Waals surface area contributed by atoms with Crippen LogP contribution in [0.2, 0.25) is 0 Å². The third kappa shape index (κ3) is 3.00. The summed E-state index contributed by atoms with van der Waals surface area (Å²) in [5, 5.41) is 3.31. The number of primary amides is 1. The van der Waals surface area contributed by atoms with E-state index in [1.54, 1.807) is 0 Å². The monoisotopic (exact) mass is 296 g/mol. The summed E-state index contributed by atoms with van der Waals surface area (Å²) < 4.78 is 31.7. The Morgan fingerprint density at radius 1 is 1.29 bits per heavy atom. The van der Waals surface area contributed by atoms with Gasteiger partial charge in [-0.3, -0.25) is 4.79 Å². The molecule has 6 heteroatoms. The second kappa shape index (κ2) is 5.26. The average molecular weight is 296 g/mol. The summed E-state index contributed by atoms with van der Waals surface area (Å²) in [5.41, 5.74) is 4.81. The molecule has 2 aliphatic carbocycles. The molecule has 2 atom stereocenters. The number of nitrogens with one attached hydrogen (secondary N) is 1. The lowest BCUT2D eigenvalue weighted by Gasteiger charge is -2.27. The van der Waals surface area contributed by atoms with Crippen LogP contribution in [-0.2, 0) is 4.79 Å². The van der Waals surface area contributed by atoms with Crippen molar-refractivity contribution in [1.82, 2.24) is 5.32 Å². The van der Waals surface area contributed by atoms with Gasteiger partial charge in [-0.05, 0) is 37.8 Å². The van der Waals surface area contributed by atoms with Crippen molar-refractivity contribution >= 4 is 5.91 Å². The van der Waals surface area contributed by atoms with Gasteiger partial charge in [-0.15, -0.1) is 0 Å². The van der Waals surface area contributed by atoms with Crippen molar-refractivity contribution in [3.63, 3.8) is 0 Å². The zero-order valence-electron chi connectivity index (χ0n) is 11.6. The van der Waals surface area contributed by atoms with E-state index in [-0.39, 0.29) is 17.8 Å². The van der Waals surface area contributed by atoms with Gasteiger partial charge in [-0.25, -0.2) is 8.78 Å². The predicted molar refractivity (Wildman–Crippen MR) is 72.7 cm³/mol. The Bertz CT molecular complexity index is 563. The second-order valence-electron chi connectivity index (χ2n) is 5.92. The number of hydrogen-bond donors (Lipinski definition) is 2. The van der Waals surface area contributed by atoms with Gasteiger partial charge in [0.25, 0.3) is 0 Å². The molecule has 0 bridgehead atoms. The topological polar surface area (TPSA) is 64.4 Å². The van der Waals surface area contributed by atoms with Gasteiger partial charge in [-0.2, -0.15) is 0 Å². The van der Waals surface area contributed by atoms with E-state index in [9.17, 15) is 13.6 Å². The van der Waals surface area contributed by atoms with Crippen LogP contribution in [0.4, 0.5) is 8.78 Å². The maximum absolute atomic E-state index is 13.2. The van der Waals surface area contributed by atoms with E-state index in [2.05, 4.69) is 5.32 Å². The number of carbonyl (C=O) groups is 1. The quantitative estimate of drug-likeness (QED) is 0.872. The zero-order valence-corrected chi connectivity index (χ0v) is 11.6. The maximum atomic E-state index is 13.2. The van der Waals surface area contributed by atoms with E-state index in [0.717, 1.165) is 25.0 Å². The normalized spacial score (nSPS) is 28.6. The molecule has 0 aromatic heterocycles. The van der Waals surface area contributed by atoms with Crippen molar-refractivity contribution in [3.8, 4) is 5.75 Å². The molecule has 3 N–H and O–H groups in total. The minimum Gasteiger partial charge on any atom is -0.490 e. The molecule has 0 radical (unpaired) electrons. The van der Waals surface area contributed by atoms with Crippen LogP contribution in [0.5, 0.6) is 5.75 Å². The minimum absolute atomic E-state index is 0.228. The van der Waals surface area contributed by atoms with Crippen molar-refractivity contribution in [2.45, 2.75) is 49.8 Å².